The molecule has 0 aromatic carbocycles. The van der Waals surface area contributed by atoms with E-state index in [1.165, 1.54) is 19.3 Å². The van der Waals surface area contributed by atoms with Crippen molar-refractivity contribution in [3.63, 3.8) is 0 Å². The van der Waals surface area contributed by atoms with E-state index in [9.17, 15) is 34.5 Å². The number of carboxylic acid groups (broad SMARTS) is 1. The lowest BCUT2D eigenvalue weighted by Gasteiger charge is -2.40. The number of hydrogen-bond acceptors (Lipinski definition) is 11. The average molecular weight is 1180 g/mol. The van der Waals surface area contributed by atoms with Crippen LogP contribution in [0.3, 0.4) is 0 Å². The molecule has 1 rings (SSSR count). The SMILES string of the molecule is CC/C=C\C/C=C\C/C=C\C/C=C\C/C=C\CCCCCC(=O)OCC(COC1OC(C(=O)O)C(O)C(O)C1OC(=O)CCCCCCCC/C=C\C/C=C\C/C=C\CCCCC)OC(=O)CCC/C=C\C/C=C\C/C=C\C/C=C\C/C=C\CC. The molecule has 0 saturated carbocycles. The second kappa shape index (κ2) is 58.7. The number of esters is 3. The fourth-order valence-corrected chi connectivity index (χ4v) is 8.67. The van der Waals surface area contributed by atoms with Crippen LogP contribution in [0.25, 0.3) is 0 Å². The molecule has 6 atom stereocenters. The first-order valence-corrected chi connectivity index (χ1v) is 32.5. The van der Waals surface area contributed by atoms with Crippen molar-refractivity contribution >= 4 is 23.9 Å². The fraction of sp³-hybridized carbons (Fsp3) is 0.589. The van der Waals surface area contributed by atoms with Crippen molar-refractivity contribution in [2.45, 2.75) is 263 Å². The lowest BCUT2D eigenvalue weighted by Crippen LogP contribution is -2.61. The predicted octanol–water partition coefficient (Wildman–Crippen LogP) is 17.7. The molecule has 85 heavy (non-hydrogen) atoms. The molecule has 1 heterocycles. The summed E-state index contributed by atoms with van der Waals surface area (Å²) in [5, 5.41) is 31.6. The molecule has 12 nitrogen and oxygen atoms in total. The minimum Gasteiger partial charge on any atom is -0.479 e. The van der Waals surface area contributed by atoms with Crippen molar-refractivity contribution < 1.29 is 58.2 Å². The predicted molar refractivity (Wildman–Crippen MR) is 349 cm³/mol. The van der Waals surface area contributed by atoms with Crippen LogP contribution in [0.15, 0.2) is 158 Å². The Morgan fingerprint density at radius 1 is 0.400 bits per heavy atom. The van der Waals surface area contributed by atoms with Gasteiger partial charge in [0.05, 0.1) is 6.61 Å². The van der Waals surface area contributed by atoms with Gasteiger partial charge in [-0.3, -0.25) is 14.4 Å². The minimum absolute atomic E-state index is 0.0263. The molecule has 0 radical (unpaired) electrons. The molecule has 476 valence electrons. The molecule has 1 aliphatic heterocycles. The van der Waals surface area contributed by atoms with Crippen LogP contribution in [0.5, 0.6) is 0 Å². The van der Waals surface area contributed by atoms with E-state index in [1.807, 2.05) is 12.2 Å². The van der Waals surface area contributed by atoms with Gasteiger partial charge in [0.1, 0.15) is 18.8 Å². The summed E-state index contributed by atoms with van der Waals surface area (Å²) in [6.07, 6.45) is 73.4. The van der Waals surface area contributed by atoms with E-state index in [4.69, 9.17) is 23.7 Å². The van der Waals surface area contributed by atoms with Gasteiger partial charge in [0.25, 0.3) is 0 Å². The molecule has 0 amide bonds. The number of carboxylic acids is 1. The molecule has 0 aromatic rings. The van der Waals surface area contributed by atoms with Gasteiger partial charge in [-0.2, -0.15) is 0 Å². The maximum atomic E-state index is 13.2. The molecule has 0 spiro atoms. The quantitative estimate of drug-likeness (QED) is 0.0228. The Morgan fingerprint density at radius 2 is 0.753 bits per heavy atom. The van der Waals surface area contributed by atoms with Crippen LogP contribution in [0, 0.1) is 0 Å². The van der Waals surface area contributed by atoms with E-state index in [0.717, 1.165) is 141 Å². The van der Waals surface area contributed by atoms with Crippen molar-refractivity contribution in [2.24, 2.45) is 0 Å². The molecule has 0 bridgehead atoms. The maximum Gasteiger partial charge on any atom is 0.335 e. The average Bonchev–Trinajstić information content (AvgIpc) is 3.51. The van der Waals surface area contributed by atoms with Crippen LogP contribution in [0.4, 0.5) is 0 Å². The zero-order valence-corrected chi connectivity index (χ0v) is 52.5. The summed E-state index contributed by atoms with van der Waals surface area (Å²) < 4.78 is 28.4. The number of carbonyl (C=O) groups excluding carboxylic acids is 3. The lowest BCUT2D eigenvalue weighted by molar-refractivity contribution is -0.301. The van der Waals surface area contributed by atoms with Crippen molar-refractivity contribution in [1.82, 2.24) is 0 Å². The molecular formula is C73H112O12. The number of aliphatic hydroxyl groups excluding tert-OH is 2. The summed E-state index contributed by atoms with van der Waals surface area (Å²) in [4.78, 5) is 51.3. The summed E-state index contributed by atoms with van der Waals surface area (Å²) >= 11 is 0. The first-order valence-electron chi connectivity index (χ1n) is 32.5. The maximum absolute atomic E-state index is 13.2. The third-order valence-corrected chi connectivity index (χ3v) is 13.6. The van der Waals surface area contributed by atoms with Gasteiger partial charge in [-0.15, -0.1) is 0 Å². The molecule has 0 aliphatic carbocycles. The van der Waals surface area contributed by atoms with Gasteiger partial charge in [0.15, 0.2) is 24.6 Å². The van der Waals surface area contributed by atoms with Crippen molar-refractivity contribution in [2.75, 3.05) is 13.2 Å². The van der Waals surface area contributed by atoms with Crippen LogP contribution in [-0.4, -0.2) is 89.2 Å². The van der Waals surface area contributed by atoms with Crippen LogP contribution in [-0.2, 0) is 42.9 Å². The number of unbranched alkanes of at least 4 members (excludes halogenated alkanes) is 13. The summed E-state index contributed by atoms with van der Waals surface area (Å²) in [6.45, 7) is 5.66. The summed E-state index contributed by atoms with van der Waals surface area (Å²) in [7, 11) is 0. The molecule has 0 aromatic heterocycles. The van der Waals surface area contributed by atoms with Gasteiger partial charge in [-0.25, -0.2) is 4.79 Å². The number of allylic oxidation sites excluding steroid dienone is 26. The minimum atomic E-state index is -1.93. The standard InChI is InChI=1S/C73H112O12/c1-4-7-10-13-16-19-22-25-28-31-33-36-38-41-44-47-50-53-56-59-65(74)81-62-64(83-66(75)60-57-54-51-48-45-42-39-35-30-27-24-21-18-15-12-9-6-3)63-82-73-71(69(78)68(77)70(85-73)72(79)80)84-67(76)61-58-55-52-49-46-43-40-37-34-32-29-26-23-20-17-14-11-8-5-2/h7,9-10,12,16-21,25-30,33-34,36-37,39,41-42,44,48,51,64,68-71,73,77-78H,4-6,8,11,13-15,22-24,31-32,35,38,40,43,45-47,49-50,52-63H2,1-3H3,(H,79,80)/b10-7-,12-9-,19-16-,20-17-,21-18-,28-25-,29-26-,30-27-,36-33-,37-34-,42-39-,44-41-,51-48-. The Morgan fingerprint density at radius 3 is 1.18 bits per heavy atom. The van der Waals surface area contributed by atoms with E-state index < -0.39 is 67.3 Å². The molecule has 12 heteroatoms. The summed E-state index contributed by atoms with van der Waals surface area (Å²) in [6, 6.07) is 0. The van der Waals surface area contributed by atoms with Crippen LogP contribution in [0.2, 0.25) is 0 Å². The first-order chi connectivity index (χ1) is 41.6. The van der Waals surface area contributed by atoms with Gasteiger partial charge in [0, 0.05) is 19.3 Å². The second-order valence-corrected chi connectivity index (χ2v) is 21.3. The highest BCUT2D eigenvalue weighted by Crippen LogP contribution is 2.26. The number of rotatable bonds is 53. The Labute approximate surface area is 514 Å². The van der Waals surface area contributed by atoms with E-state index in [1.54, 1.807) is 0 Å². The smallest absolute Gasteiger partial charge is 0.335 e. The Bertz CT molecular complexity index is 2080. The second-order valence-electron chi connectivity index (χ2n) is 21.3. The van der Waals surface area contributed by atoms with Gasteiger partial charge in [-0.05, 0) is 141 Å². The Balaban J connectivity index is 2.74. The van der Waals surface area contributed by atoms with Crippen LogP contribution >= 0.6 is 0 Å². The van der Waals surface area contributed by atoms with Crippen molar-refractivity contribution in [3.05, 3.63) is 158 Å². The van der Waals surface area contributed by atoms with E-state index >= 15 is 0 Å². The highest BCUT2D eigenvalue weighted by atomic mass is 16.7. The fourth-order valence-electron chi connectivity index (χ4n) is 8.67. The van der Waals surface area contributed by atoms with E-state index in [0.29, 0.717) is 25.7 Å². The Hall–Kier alpha value is -5.66. The third kappa shape index (κ3) is 48.2. The molecule has 1 fully saturated rings. The van der Waals surface area contributed by atoms with E-state index in [2.05, 4.69) is 167 Å². The van der Waals surface area contributed by atoms with Crippen LogP contribution < -0.4 is 0 Å². The summed E-state index contributed by atoms with van der Waals surface area (Å²) in [5.41, 5.74) is 0. The molecule has 3 N–H and O–H groups in total. The highest BCUT2D eigenvalue weighted by Gasteiger charge is 2.50. The van der Waals surface area contributed by atoms with Crippen molar-refractivity contribution in [3.8, 4) is 0 Å². The third-order valence-electron chi connectivity index (χ3n) is 13.6. The number of hydrogen-bond donors (Lipinski definition) is 3. The monoisotopic (exact) mass is 1180 g/mol. The zero-order valence-electron chi connectivity index (χ0n) is 52.5. The Kier molecular flexibility index (Phi) is 53.4. The molecule has 6 unspecified atom stereocenters. The molecule has 1 aliphatic rings. The number of aliphatic hydroxyl groups is 2. The first kappa shape index (κ1) is 77.4. The summed E-state index contributed by atoms with van der Waals surface area (Å²) in [5.74, 6) is -3.28. The molecular weight excluding hydrogens is 1070 g/mol. The number of ether oxygens (including phenoxy) is 5. The normalized spacial score (nSPS) is 18.5. The lowest BCUT2D eigenvalue weighted by atomic mass is 9.98. The van der Waals surface area contributed by atoms with E-state index in [-0.39, 0.29) is 25.9 Å². The topological polar surface area (TPSA) is 175 Å². The van der Waals surface area contributed by atoms with Gasteiger partial charge in [0.2, 0.25) is 0 Å². The van der Waals surface area contributed by atoms with Gasteiger partial charge in [-0.1, -0.05) is 224 Å². The van der Waals surface area contributed by atoms with Crippen LogP contribution in [0.1, 0.15) is 226 Å². The van der Waals surface area contributed by atoms with Gasteiger partial charge < -0.3 is 39.0 Å². The highest BCUT2D eigenvalue weighted by molar-refractivity contribution is 5.74. The molecule has 1 saturated heterocycles. The largest absolute Gasteiger partial charge is 0.479 e. The zero-order chi connectivity index (χ0) is 61.7. The number of aliphatic carboxylic acids is 1. The number of carbonyl (C=O) groups is 4. The van der Waals surface area contributed by atoms with Gasteiger partial charge >= 0.3 is 23.9 Å². The van der Waals surface area contributed by atoms with Crippen molar-refractivity contribution in [1.29, 1.82) is 0 Å².